The first kappa shape index (κ1) is 29.6. The van der Waals surface area contributed by atoms with Crippen LogP contribution in [0, 0.1) is 5.92 Å². The average molecular weight is 549 g/mol. The standard InChI is InChI=1S/C24H31F3N2O5S2/c1-5-6-10-34-23(31)28-36(32,33)22-21(13-20(35-22)11-16(2)3)19-9-7-8-18(12-19)14-29(17(4)30)15-24(25,26)27/h7-9,12-13,16H,5-6,10-11,14-15H2,1-4H3,(H,28,31). The lowest BCUT2D eigenvalue weighted by Crippen LogP contribution is -2.37. The van der Waals surface area contributed by atoms with E-state index in [9.17, 15) is 31.2 Å². The summed E-state index contributed by atoms with van der Waals surface area (Å²) in [6.07, 6.45) is -3.67. The van der Waals surface area contributed by atoms with E-state index in [2.05, 4.69) is 0 Å². The van der Waals surface area contributed by atoms with E-state index in [0.717, 1.165) is 29.6 Å². The number of amides is 2. The summed E-state index contributed by atoms with van der Waals surface area (Å²) in [7, 11) is -4.28. The van der Waals surface area contributed by atoms with E-state index in [1.165, 1.54) is 0 Å². The molecule has 2 rings (SSSR count). The van der Waals surface area contributed by atoms with Crippen molar-refractivity contribution in [2.24, 2.45) is 5.92 Å². The number of halogens is 3. The number of hydrogen-bond donors (Lipinski definition) is 1. The molecule has 12 heteroatoms. The quantitative estimate of drug-likeness (QED) is 0.362. The zero-order chi connectivity index (χ0) is 27.1. The predicted octanol–water partition coefficient (Wildman–Crippen LogP) is 5.74. The zero-order valence-corrected chi connectivity index (χ0v) is 22.3. The summed E-state index contributed by atoms with van der Waals surface area (Å²) in [5, 5.41) is 0. The SMILES string of the molecule is CCCCOC(=O)NS(=O)(=O)c1sc(CC(C)C)cc1-c1cccc(CN(CC(F)(F)F)C(C)=O)c1. The van der Waals surface area contributed by atoms with E-state index < -0.39 is 34.7 Å². The third-order valence-electron chi connectivity index (χ3n) is 4.98. The van der Waals surface area contributed by atoms with Crippen LogP contribution in [0.2, 0.25) is 0 Å². The van der Waals surface area contributed by atoms with Crippen LogP contribution in [0.5, 0.6) is 0 Å². The number of carbonyl (C=O) groups is 2. The molecule has 0 unspecified atom stereocenters. The molecule has 1 aromatic carbocycles. The minimum atomic E-state index is -4.55. The van der Waals surface area contributed by atoms with Gasteiger partial charge in [-0.15, -0.1) is 11.3 Å². The molecule has 2 amide bonds. The molecule has 0 atom stereocenters. The number of alkyl halides is 3. The second-order valence-electron chi connectivity index (χ2n) is 8.80. The van der Waals surface area contributed by atoms with Crippen LogP contribution in [-0.4, -0.2) is 44.6 Å². The van der Waals surface area contributed by atoms with Crippen molar-refractivity contribution < 1.29 is 35.9 Å². The zero-order valence-electron chi connectivity index (χ0n) is 20.6. The van der Waals surface area contributed by atoms with Crippen LogP contribution in [0.3, 0.4) is 0 Å². The molecule has 0 fully saturated rings. The van der Waals surface area contributed by atoms with Gasteiger partial charge in [-0.25, -0.2) is 17.9 Å². The molecule has 7 nitrogen and oxygen atoms in total. The van der Waals surface area contributed by atoms with Crippen LogP contribution in [0.15, 0.2) is 34.5 Å². The van der Waals surface area contributed by atoms with Gasteiger partial charge < -0.3 is 9.64 Å². The van der Waals surface area contributed by atoms with Gasteiger partial charge in [0.25, 0.3) is 10.0 Å². The number of sulfonamides is 1. The van der Waals surface area contributed by atoms with Gasteiger partial charge in [-0.2, -0.15) is 13.2 Å². The fourth-order valence-corrected chi connectivity index (χ4v) is 6.22. The van der Waals surface area contributed by atoms with E-state index in [1.807, 2.05) is 25.5 Å². The van der Waals surface area contributed by atoms with Gasteiger partial charge in [0, 0.05) is 23.9 Å². The first-order valence-electron chi connectivity index (χ1n) is 11.5. The Bertz CT molecular complexity index is 1160. The van der Waals surface area contributed by atoms with Crippen LogP contribution >= 0.6 is 11.3 Å². The lowest BCUT2D eigenvalue weighted by Gasteiger charge is -2.22. The predicted molar refractivity (Wildman–Crippen MR) is 132 cm³/mol. The van der Waals surface area contributed by atoms with Crippen molar-refractivity contribution in [1.82, 2.24) is 9.62 Å². The van der Waals surface area contributed by atoms with Gasteiger partial charge in [0.05, 0.1) is 6.61 Å². The van der Waals surface area contributed by atoms with Gasteiger partial charge >= 0.3 is 12.3 Å². The molecule has 1 N–H and O–H groups in total. The second kappa shape index (κ2) is 12.6. The smallest absolute Gasteiger partial charge is 0.421 e. The van der Waals surface area contributed by atoms with E-state index >= 15 is 0 Å². The maximum absolute atomic E-state index is 13.1. The molecule has 36 heavy (non-hydrogen) atoms. The van der Waals surface area contributed by atoms with Gasteiger partial charge in [-0.3, -0.25) is 4.79 Å². The fraction of sp³-hybridized carbons (Fsp3) is 0.500. The summed E-state index contributed by atoms with van der Waals surface area (Å²) in [5.74, 6) is -0.501. The third-order valence-corrected chi connectivity index (χ3v) is 7.98. The Hall–Kier alpha value is -2.60. The molecular weight excluding hydrogens is 517 g/mol. The first-order valence-corrected chi connectivity index (χ1v) is 13.8. The van der Waals surface area contributed by atoms with E-state index in [-0.39, 0.29) is 23.3 Å². The van der Waals surface area contributed by atoms with Crippen LogP contribution < -0.4 is 4.72 Å². The molecule has 0 aliphatic heterocycles. The summed E-state index contributed by atoms with van der Waals surface area (Å²) < 4.78 is 71.7. The highest BCUT2D eigenvalue weighted by molar-refractivity contribution is 7.92. The molecule has 0 radical (unpaired) electrons. The lowest BCUT2D eigenvalue weighted by molar-refractivity contribution is -0.161. The second-order valence-corrected chi connectivity index (χ2v) is 11.8. The number of hydrogen-bond acceptors (Lipinski definition) is 6. The van der Waals surface area contributed by atoms with E-state index in [0.29, 0.717) is 34.4 Å². The average Bonchev–Trinajstić information content (AvgIpc) is 3.16. The maximum Gasteiger partial charge on any atom is 0.421 e. The topological polar surface area (TPSA) is 92.8 Å². The monoisotopic (exact) mass is 548 g/mol. The Kier molecular flexibility index (Phi) is 10.4. The molecule has 0 saturated carbocycles. The lowest BCUT2D eigenvalue weighted by atomic mass is 10.0. The van der Waals surface area contributed by atoms with Gasteiger partial charge in [0.1, 0.15) is 10.8 Å². The van der Waals surface area contributed by atoms with Crippen LogP contribution in [0.1, 0.15) is 51.0 Å². The third kappa shape index (κ3) is 9.12. The summed E-state index contributed by atoms with van der Waals surface area (Å²) in [6.45, 7) is 5.31. The molecule has 0 aliphatic carbocycles. The molecule has 1 heterocycles. The van der Waals surface area contributed by atoms with Crippen molar-refractivity contribution in [2.75, 3.05) is 13.2 Å². The highest BCUT2D eigenvalue weighted by atomic mass is 32.2. The summed E-state index contributed by atoms with van der Waals surface area (Å²) in [6, 6.07) is 8.03. The molecule has 200 valence electrons. The van der Waals surface area contributed by atoms with Gasteiger partial charge in [-0.1, -0.05) is 45.4 Å². The van der Waals surface area contributed by atoms with Crippen LogP contribution in [0.4, 0.5) is 18.0 Å². The van der Waals surface area contributed by atoms with Crippen molar-refractivity contribution in [2.45, 2.75) is 63.9 Å². The molecule has 0 saturated heterocycles. The number of unbranched alkanes of at least 4 members (excludes halogenated alkanes) is 1. The van der Waals surface area contributed by atoms with Crippen LogP contribution in [-0.2, 0) is 32.5 Å². The number of nitrogens with zero attached hydrogens (tertiary/aromatic N) is 1. The summed E-state index contributed by atoms with van der Waals surface area (Å²) in [4.78, 5) is 25.3. The van der Waals surface area contributed by atoms with Gasteiger partial charge in [0.15, 0.2) is 0 Å². The van der Waals surface area contributed by atoms with E-state index in [4.69, 9.17) is 4.74 Å². The number of ether oxygens (including phenoxy) is 1. The first-order chi connectivity index (χ1) is 16.7. The van der Waals surface area contributed by atoms with Crippen molar-refractivity contribution >= 4 is 33.4 Å². The largest absolute Gasteiger partial charge is 0.449 e. The van der Waals surface area contributed by atoms with Gasteiger partial charge in [-0.05, 0) is 42.0 Å². The normalized spacial score (nSPS) is 12.0. The number of benzene rings is 1. The highest BCUT2D eigenvalue weighted by Crippen LogP contribution is 2.37. The Morgan fingerprint density at radius 1 is 1.19 bits per heavy atom. The fourth-order valence-electron chi connectivity index (χ4n) is 3.37. The minimum Gasteiger partial charge on any atom is -0.449 e. The van der Waals surface area contributed by atoms with Crippen molar-refractivity contribution in [3.8, 4) is 11.1 Å². The van der Waals surface area contributed by atoms with Crippen molar-refractivity contribution in [3.05, 3.63) is 40.8 Å². The number of nitrogens with one attached hydrogen (secondary N) is 1. The molecule has 0 spiro atoms. The Morgan fingerprint density at radius 2 is 1.89 bits per heavy atom. The van der Waals surface area contributed by atoms with Crippen molar-refractivity contribution in [3.63, 3.8) is 0 Å². The Labute approximate surface area is 213 Å². The molecule has 0 bridgehead atoms. The molecule has 0 aliphatic rings. The Balaban J connectivity index is 2.43. The molecular formula is C24H31F3N2O5S2. The number of rotatable bonds is 11. The van der Waals surface area contributed by atoms with Gasteiger partial charge in [0.2, 0.25) is 5.91 Å². The molecule has 2 aromatic rings. The Morgan fingerprint density at radius 3 is 2.47 bits per heavy atom. The summed E-state index contributed by atoms with van der Waals surface area (Å²) in [5.41, 5.74) is 1.16. The van der Waals surface area contributed by atoms with E-state index in [1.54, 1.807) is 30.3 Å². The highest BCUT2D eigenvalue weighted by Gasteiger charge is 2.32. The molecule has 1 aromatic heterocycles. The minimum absolute atomic E-state index is 0.0837. The summed E-state index contributed by atoms with van der Waals surface area (Å²) >= 11 is 1.02. The van der Waals surface area contributed by atoms with Crippen molar-refractivity contribution in [1.29, 1.82) is 0 Å². The van der Waals surface area contributed by atoms with Crippen LogP contribution in [0.25, 0.3) is 11.1 Å². The maximum atomic E-state index is 13.1. The number of thiophene rings is 1. The number of carbonyl (C=O) groups excluding carboxylic acids is 2.